The summed E-state index contributed by atoms with van der Waals surface area (Å²) in [4.78, 5) is 10.2. The van der Waals surface area contributed by atoms with E-state index in [4.69, 9.17) is 14.6 Å². The monoisotopic (exact) mass is 187 g/mol. The zero-order valence-electron chi connectivity index (χ0n) is 7.40. The second kappa shape index (κ2) is 3.16. The van der Waals surface area contributed by atoms with E-state index in [9.17, 15) is 4.79 Å². The molecule has 4 atom stereocenters. The van der Waals surface area contributed by atoms with Crippen molar-refractivity contribution >= 4 is 6.09 Å². The minimum Gasteiger partial charge on any atom is -0.465 e. The number of amides is 1. The fourth-order valence-corrected chi connectivity index (χ4v) is 1.73. The predicted molar refractivity (Wildman–Crippen MR) is 43.6 cm³/mol. The molecule has 74 valence electrons. The van der Waals surface area contributed by atoms with Crippen LogP contribution < -0.4 is 5.32 Å². The van der Waals surface area contributed by atoms with Gasteiger partial charge in [0.05, 0.1) is 12.7 Å². The predicted octanol–water partition coefficient (Wildman–Crippen LogP) is 0.0563. The van der Waals surface area contributed by atoms with Crippen molar-refractivity contribution in [2.24, 2.45) is 5.92 Å². The van der Waals surface area contributed by atoms with Gasteiger partial charge >= 0.3 is 6.09 Å². The van der Waals surface area contributed by atoms with E-state index >= 15 is 0 Å². The van der Waals surface area contributed by atoms with E-state index in [0.29, 0.717) is 13.2 Å². The molecule has 5 nitrogen and oxygen atoms in total. The van der Waals surface area contributed by atoms with Crippen LogP contribution >= 0.6 is 0 Å². The van der Waals surface area contributed by atoms with E-state index in [1.807, 2.05) is 6.92 Å². The Balaban J connectivity index is 1.76. The Hall–Kier alpha value is -0.810. The largest absolute Gasteiger partial charge is 0.465 e. The van der Waals surface area contributed by atoms with Crippen LogP contribution in [0.4, 0.5) is 4.79 Å². The number of fused-ring (bicyclic) bond motifs is 1. The molecule has 0 radical (unpaired) electrons. The van der Waals surface area contributed by atoms with E-state index in [1.165, 1.54) is 0 Å². The topological polar surface area (TPSA) is 71.1 Å². The highest BCUT2D eigenvalue weighted by atomic mass is 16.7. The molecule has 0 aromatic rings. The number of ether oxygens (including phenoxy) is 2. The number of carboxylic acid groups (broad SMARTS) is 1. The van der Waals surface area contributed by atoms with Crippen LogP contribution in [0.25, 0.3) is 0 Å². The Morgan fingerprint density at radius 1 is 1.77 bits per heavy atom. The van der Waals surface area contributed by atoms with Crippen LogP contribution in [0.15, 0.2) is 0 Å². The van der Waals surface area contributed by atoms with Gasteiger partial charge in [-0.2, -0.15) is 0 Å². The summed E-state index contributed by atoms with van der Waals surface area (Å²) in [6.07, 6.45) is -0.433. The Bertz CT molecular complexity index is 220. The van der Waals surface area contributed by atoms with Crippen LogP contribution in [0.2, 0.25) is 0 Å². The van der Waals surface area contributed by atoms with Gasteiger partial charge in [-0.25, -0.2) is 4.79 Å². The van der Waals surface area contributed by atoms with Gasteiger partial charge in [-0.15, -0.1) is 0 Å². The molecule has 0 aliphatic carbocycles. The van der Waals surface area contributed by atoms with Crippen LogP contribution in [-0.2, 0) is 9.47 Å². The first-order valence-electron chi connectivity index (χ1n) is 4.42. The minimum absolute atomic E-state index is 0.0665. The molecule has 2 saturated heterocycles. The molecular formula is C8H13NO4. The Labute approximate surface area is 76.0 Å². The van der Waals surface area contributed by atoms with Gasteiger partial charge in [0.1, 0.15) is 12.2 Å². The van der Waals surface area contributed by atoms with Crippen molar-refractivity contribution in [3.8, 4) is 0 Å². The lowest BCUT2D eigenvalue weighted by atomic mass is 10.0. The lowest BCUT2D eigenvalue weighted by molar-refractivity contribution is -0.000846. The molecule has 1 amide bonds. The number of hydrogen-bond acceptors (Lipinski definition) is 3. The number of epoxide rings is 1. The molecule has 13 heavy (non-hydrogen) atoms. The molecule has 2 aliphatic rings. The Morgan fingerprint density at radius 2 is 2.54 bits per heavy atom. The lowest BCUT2D eigenvalue weighted by Gasteiger charge is -2.19. The number of rotatable bonds is 3. The van der Waals surface area contributed by atoms with Crippen LogP contribution in [0.3, 0.4) is 0 Å². The van der Waals surface area contributed by atoms with Crippen molar-refractivity contribution in [3.63, 3.8) is 0 Å². The summed E-state index contributed by atoms with van der Waals surface area (Å²) in [5, 5.41) is 10.7. The number of carbonyl (C=O) groups is 1. The third kappa shape index (κ3) is 1.76. The molecule has 0 aromatic carbocycles. The molecular weight excluding hydrogens is 174 g/mol. The second-order valence-electron chi connectivity index (χ2n) is 3.60. The highest BCUT2D eigenvalue weighted by Crippen LogP contribution is 2.37. The Morgan fingerprint density at radius 3 is 3.00 bits per heavy atom. The molecule has 0 spiro atoms. The van der Waals surface area contributed by atoms with Crippen LogP contribution in [0.1, 0.15) is 6.92 Å². The Kier molecular flexibility index (Phi) is 2.13. The minimum atomic E-state index is -0.988. The molecule has 5 heteroatoms. The molecule has 2 fully saturated rings. The van der Waals surface area contributed by atoms with E-state index in [0.717, 1.165) is 0 Å². The standard InChI is InChI=1S/C8H13NO4/c1-4(2-9-8(10)11)6-7-5(13-7)3-12-6/h4-7,9H,2-3H2,1H3,(H,10,11)/t4?,5-,6+,7-/m0/s1. The van der Waals surface area contributed by atoms with Gasteiger partial charge in [0.25, 0.3) is 0 Å². The van der Waals surface area contributed by atoms with Gasteiger partial charge in [-0.3, -0.25) is 0 Å². The third-order valence-electron chi connectivity index (χ3n) is 2.53. The SMILES string of the molecule is CC(CNC(=O)O)[C@H]1OC[C@@H]2O[C@@H]21. The fraction of sp³-hybridized carbons (Fsp3) is 0.875. The zero-order chi connectivity index (χ0) is 9.42. The summed E-state index contributed by atoms with van der Waals surface area (Å²) >= 11 is 0. The fourth-order valence-electron chi connectivity index (χ4n) is 1.73. The maximum atomic E-state index is 10.2. The molecule has 2 N–H and O–H groups in total. The molecule has 1 unspecified atom stereocenters. The lowest BCUT2D eigenvalue weighted by Crippen LogP contribution is -2.35. The number of nitrogens with one attached hydrogen (secondary N) is 1. The van der Waals surface area contributed by atoms with Crippen LogP contribution in [0, 0.1) is 5.92 Å². The van der Waals surface area contributed by atoms with E-state index < -0.39 is 6.09 Å². The highest BCUT2D eigenvalue weighted by molar-refractivity contribution is 5.64. The summed E-state index contributed by atoms with van der Waals surface area (Å²) in [5.74, 6) is 0.175. The molecule has 2 aliphatic heterocycles. The van der Waals surface area contributed by atoms with E-state index in [-0.39, 0.29) is 24.2 Å². The van der Waals surface area contributed by atoms with Crippen LogP contribution in [0.5, 0.6) is 0 Å². The average molecular weight is 187 g/mol. The first-order chi connectivity index (χ1) is 6.18. The van der Waals surface area contributed by atoms with Gasteiger partial charge in [0, 0.05) is 12.5 Å². The molecule has 2 rings (SSSR count). The van der Waals surface area contributed by atoms with Crippen molar-refractivity contribution in [2.45, 2.75) is 25.2 Å². The molecule has 0 saturated carbocycles. The van der Waals surface area contributed by atoms with Gasteiger partial charge in [0.15, 0.2) is 0 Å². The normalized spacial score (nSPS) is 38.1. The van der Waals surface area contributed by atoms with E-state index in [1.54, 1.807) is 0 Å². The highest BCUT2D eigenvalue weighted by Gasteiger charge is 2.53. The quantitative estimate of drug-likeness (QED) is 0.613. The maximum Gasteiger partial charge on any atom is 0.404 e. The van der Waals surface area contributed by atoms with Crippen molar-refractivity contribution in [3.05, 3.63) is 0 Å². The third-order valence-corrected chi connectivity index (χ3v) is 2.53. The first kappa shape index (κ1) is 8.77. The first-order valence-corrected chi connectivity index (χ1v) is 4.42. The summed E-state index contributed by atoms with van der Waals surface area (Å²) in [7, 11) is 0. The average Bonchev–Trinajstić information content (AvgIpc) is 2.74. The van der Waals surface area contributed by atoms with Gasteiger partial charge in [0.2, 0.25) is 0 Å². The molecule has 0 bridgehead atoms. The van der Waals surface area contributed by atoms with Gasteiger partial charge < -0.3 is 19.9 Å². The summed E-state index contributed by atoms with van der Waals surface area (Å²) < 4.78 is 10.7. The van der Waals surface area contributed by atoms with Crippen molar-refractivity contribution < 1.29 is 19.4 Å². The summed E-state index contributed by atoms with van der Waals surface area (Å²) in [6.45, 7) is 3.05. The van der Waals surface area contributed by atoms with Crippen molar-refractivity contribution in [1.29, 1.82) is 0 Å². The zero-order valence-corrected chi connectivity index (χ0v) is 7.40. The van der Waals surface area contributed by atoms with Crippen molar-refractivity contribution in [1.82, 2.24) is 5.32 Å². The van der Waals surface area contributed by atoms with Crippen LogP contribution in [-0.4, -0.2) is 42.7 Å². The smallest absolute Gasteiger partial charge is 0.404 e. The maximum absolute atomic E-state index is 10.2. The molecule has 2 heterocycles. The van der Waals surface area contributed by atoms with Crippen molar-refractivity contribution in [2.75, 3.05) is 13.2 Å². The summed E-state index contributed by atoms with van der Waals surface area (Å²) in [6, 6.07) is 0. The number of hydrogen-bond donors (Lipinski definition) is 2. The summed E-state index contributed by atoms with van der Waals surface area (Å²) in [5.41, 5.74) is 0. The van der Waals surface area contributed by atoms with Gasteiger partial charge in [-0.05, 0) is 0 Å². The van der Waals surface area contributed by atoms with Gasteiger partial charge in [-0.1, -0.05) is 6.92 Å². The second-order valence-corrected chi connectivity index (χ2v) is 3.60. The van der Waals surface area contributed by atoms with E-state index in [2.05, 4.69) is 5.32 Å². The molecule has 0 aromatic heterocycles.